The fourth-order valence-corrected chi connectivity index (χ4v) is 1.94. The lowest BCUT2D eigenvalue weighted by molar-refractivity contribution is 0.140. The van der Waals surface area contributed by atoms with Crippen molar-refractivity contribution in [1.29, 1.82) is 0 Å². The first-order valence-electron chi connectivity index (χ1n) is 5.05. The van der Waals surface area contributed by atoms with E-state index >= 15 is 0 Å². The highest BCUT2D eigenvalue weighted by Crippen LogP contribution is 2.20. The number of hydrogen-bond acceptors (Lipinski definition) is 2. The van der Waals surface area contributed by atoms with Gasteiger partial charge in [0, 0.05) is 6.04 Å². The summed E-state index contributed by atoms with van der Waals surface area (Å²) in [5.41, 5.74) is 0. The zero-order valence-electron chi connectivity index (χ0n) is 8.58. The van der Waals surface area contributed by atoms with E-state index in [1.54, 1.807) is 0 Å². The van der Waals surface area contributed by atoms with Gasteiger partial charge in [-0.15, -0.1) is 5.92 Å². The third kappa shape index (κ3) is 3.38. The Kier molecular flexibility index (Phi) is 4.27. The number of aliphatic hydroxyl groups excluding tert-OH is 1. The van der Waals surface area contributed by atoms with Crippen LogP contribution >= 0.6 is 0 Å². The lowest BCUT2D eigenvalue weighted by Gasteiger charge is -2.23. The lowest BCUT2D eigenvalue weighted by Crippen LogP contribution is -2.32. The molecule has 2 atom stereocenters. The predicted molar refractivity (Wildman–Crippen MR) is 54.3 cm³/mol. The van der Waals surface area contributed by atoms with Gasteiger partial charge in [0.05, 0.1) is 12.6 Å². The maximum absolute atomic E-state index is 9.29. The number of likely N-dealkylation sites (tertiary alicyclic amines) is 1. The molecule has 1 N–H and O–H groups in total. The van der Waals surface area contributed by atoms with Crippen LogP contribution in [0, 0.1) is 11.8 Å². The molecule has 0 aromatic rings. The number of aliphatic hydroxyl groups is 1. The summed E-state index contributed by atoms with van der Waals surface area (Å²) in [6.45, 7) is 5.75. The summed E-state index contributed by atoms with van der Waals surface area (Å²) in [7, 11) is 0. The molecule has 0 aromatic carbocycles. The van der Waals surface area contributed by atoms with Crippen LogP contribution in [0.1, 0.15) is 33.1 Å². The van der Waals surface area contributed by atoms with Gasteiger partial charge >= 0.3 is 0 Å². The van der Waals surface area contributed by atoms with Crippen molar-refractivity contribution >= 4 is 0 Å². The second-order valence-electron chi connectivity index (χ2n) is 3.78. The Morgan fingerprint density at radius 3 is 3.00 bits per heavy atom. The molecule has 1 rings (SSSR count). The van der Waals surface area contributed by atoms with Crippen LogP contribution in [0.5, 0.6) is 0 Å². The average Bonchev–Trinajstić information content (AvgIpc) is 2.48. The molecule has 1 fully saturated rings. The summed E-state index contributed by atoms with van der Waals surface area (Å²) in [5.74, 6) is 6.00. The summed E-state index contributed by atoms with van der Waals surface area (Å²) in [5, 5.41) is 9.29. The van der Waals surface area contributed by atoms with E-state index in [2.05, 4.69) is 16.7 Å². The summed E-state index contributed by atoms with van der Waals surface area (Å²) in [6, 6.07) is 0.556. The minimum absolute atomic E-state index is 0.180. The number of rotatable bonds is 3. The van der Waals surface area contributed by atoms with E-state index in [1.165, 1.54) is 12.8 Å². The zero-order chi connectivity index (χ0) is 9.68. The largest absolute Gasteiger partial charge is 0.393 e. The summed E-state index contributed by atoms with van der Waals surface area (Å²) in [4.78, 5) is 2.38. The SMILES string of the molecule is CC#CCN1CCCC1CC(C)O. The van der Waals surface area contributed by atoms with Crippen molar-refractivity contribution in [3.8, 4) is 11.8 Å². The van der Waals surface area contributed by atoms with Crippen LogP contribution in [0.4, 0.5) is 0 Å². The number of hydrogen-bond donors (Lipinski definition) is 1. The first-order chi connectivity index (χ1) is 6.24. The first-order valence-corrected chi connectivity index (χ1v) is 5.05. The average molecular weight is 181 g/mol. The van der Waals surface area contributed by atoms with Crippen molar-refractivity contribution in [2.45, 2.75) is 45.3 Å². The Bertz CT molecular complexity index is 202. The van der Waals surface area contributed by atoms with Gasteiger partial charge in [-0.1, -0.05) is 5.92 Å². The van der Waals surface area contributed by atoms with Crippen LogP contribution in [0.25, 0.3) is 0 Å². The second kappa shape index (κ2) is 5.26. The smallest absolute Gasteiger partial charge is 0.0603 e. The third-order valence-corrected chi connectivity index (χ3v) is 2.57. The van der Waals surface area contributed by atoms with Crippen molar-refractivity contribution in [2.75, 3.05) is 13.1 Å². The molecule has 13 heavy (non-hydrogen) atoms. The molecule has 0 bridgehead atoms. The van der Waals surface area contributed by atoms with E-state index in [-0.39, 0.29) is 6.10 Å². The fraction of sp³-hybridized carbons (Fsp3) is 0.818. The predicted octanol–water partition coefficient (Wildman–Crippen LogP) is 1.25. The van der Waals surface area contributed by atoms with Crippen molar-refractivity contribution in [2.24, 2.45) is 0 Å². The highest BCUT2D eigenvalue weighted by atomic mass is 16.3. The molecule has 2 nitrogen and oxygen atoms in total. The van der Waals surface area contributed by atoms with Crippen molar-refractivity contribution in [3.63, 3.8) is 0 Å². The van der Waals surface area contributed by atoms with Gasteiger partial charge in [0.1, 0.15) is 0 Å². The second-order valence-corrected chi connectivity index (χ2v) is 3.78. The van der Waals surface area contributed by atoms with Crippen molar-refractivity contribution in [1.82, 2.24) is 4.90 Å². The van der Waals surface area contributed by atoms with Crippen molar-refractivity contribution < 1.29 is 5.11 Å². The van der Waals surface area contributed by atoms with E-state index in [1.807, 2.05) is 13.8 Å². The van der Waals surface area contributed by atoms with Gasteiger partial charge in [0.25, 0.3) is 0 Å². The van der Waals surface area contributed by atoms with Crippen molar-refractivity contribution in [3.05, 3.63) is 0 Å². The van der Waals surface area contributed by atoms with E-state index in [4.69, 9.17) is 0 Å². The molecule has 2 heteroatoms. The normalized spacial score (nSPS) is 25.3. The maximum atomic E-state index is 9.29. The van der Waals surface area contributed by atoms with Gasteiger partial charge in [-0.25, -0.2) is 0 Å². The topological polar surface area (TPSA) is 23.5 Å². The van der Waals surface area contributed by atoms with E-state index in [9.17, 15) is 5.11 Å². The minimum atomic E-state index is -0.180. The molecular weight excluding hydrogens is 162 g/mol. The Morgan fingerprint density at radius 2 is 2.38 bits per heavy atom. The third-order valence-electron chi connectivity index (χ3n) is 2.57. The van der Waals surface area contributed by atoms with Gasteiger partial charge in [-0.05, 0) is 39.7 Å². The molecule has 0 aromatic heterocycles. The highest BCUT2D eigenvalue weighted by molar-refractivity contribution is 4.99. The lowest BCUT2D eigenvalue weighted by atomic mass is 10.1. The van der Waals surface area contributed by atoms with Gasteiger partial charge in [0.15, 0.2) is 0 Å². The van der Waals surface area contributed by atoms with Gasteiger partial charge in [0.2, 0.25) is 0 Å². The molecule has 74 valence electrons. The quantitative estimate of drug-likeness (QED) is 0.662. The molecular formula is C11H19NO. The molecule has 0 saturated carbocycles. The molecule has 0 amide bonds. The van der Waals surface area contributed by atoms with Crippen LogP contribution in [-0.4, -0.2) is 35.2 Å². The van der Waals surface area contributed by atoms with E-state index in [0.717, 1.165) is 19.5 Å². The minimum Gasteiger partial charge on any atom is -0.393 e. The summed E-state index contributed by atoms with van der Waals surface area (Å²) >= 11 is 0. The fourth-order valence-electron chi connectivity index (χ4n) is 1.94. The molecule has 1 saturated heterocycles. The van der Waals surface area contributed by atoms with E-state index < -0.39 is 0 Å². The standard InChI is InChI=1S/C11H19NO/c1-3-4-7-12-8-5-6-11(12)9-10(2)13/h10-11,13H,5-9H2,1-2H3. The Balaban J connectivity index is 2.37. The van der Waals surface area contributed by atoms with Gasteiger partial charge < -0.3 is 5.11 Å². The van der Waals surface area contributed by atoms with Crippen LogP contribution in [0.3, 0.4) is 0 Å². The van der Waals surface area contributed by atoms with Gasteiger partial charge in [-0.2, -0.15) is 0 Å². The summed E-state index contributed by atoms with van der Waals surface area (Å²) < 4.78 is 0. The maximum Gasteiger partial charge on any atom is 0.0603 e. The number of nitrogens with zero attached hydrogens (tertiary/aromatic N) is 1. The first kappa shape index (κ1) is 10.6. The van der Waals surface area contributed by atoms with Gasteiger partial charge in [-0.3, -0.25) is 4.90 Å². The van der Waals surface area contributed by atoms with Crippen LogP contribution < -0.4 is 0 Å². The molecule has 1 aliphatic heterocycles. The molecule has 2 unspecified atom stereocenters. The Morgan fingerprint density at radius 1 is 1.62 bits per heavy atom. The highest BCUT2D eigenvalue weighted by Gasteiger charge is 2.24. The summed E-state index contributed by atoms with van der Waals surface area (Å²) in [6.07, 6.45) is 3.19. The monoisotopic (exact) mass is 181 g/mol. The van der Waals surface area contributed by atoms with Crippen LogP contribution in [-0.2, 0) is 0 Å². The Labute approximate surface area is 80.9 Å². The Hall–Kier alpha value is -0.520. The van der Waals surface area contributed by atoms with Crippen LogP contribution in [0.2, 0.25) is 0 Å². The zero-order valence-corrected chi connectivity index (χ0v) is 8.58. The van der Waals surface area contributed by atoms with E-state index in [0.29, 0.717) is 6.04 Å². The van der Waals surface area contributed by atoms with Crippen LogP contribution in [0.15, 0.2) is 0 Å². The molecule has 0 aliphatic carbocycles. The molecule has 1 aliphatic rings. The molecule has 1 heterocycles. The molecule has 0 spiro atoms. The molecule has 0 radical (unpaired) electrons.